The smallest absolute Gasteiger partial charge is 0.244 e. The van der Waals surface area contributed by atoms with Gasteiger partial charge in [0.25, 0.3) is 0 Å². The van der Waals surface area contributed by atoms with Gasteiger partial charge in [-0.25, -0.2) is 8.42 Å². The van der Waals surface area contributed by atoms with Gasteiger partial charge in [-0.1, -0.05) is 42.1 Å². The predicted octanol–water partition coefficient (Wildman–Crippen LogP) is 2.70. The van der Waals surface area contributed by atoms with Gasteiger partial charge in [0.05, 0.1) is 16.6 Å². The molecule has 0 spiro atoms. The Kier molecular flexibility index (Phi) is 7.03. The summed E-state index contributed by atoms with van der Waals surface area (Å²) in [6.07, 6.45) is 4.51. The lowest BCUT2D eigenvalue weighted by Crippen LogP contribution is -2.51. The summed E-state index contributed by atoms with van der Waals surface area (Å²) in [7, 11) is -3.70. The maximum Gasteiger partial charge on any atom is 0.244 e. The fourth-order valence-corrected chi connectivity index (χ4v) is 5.72. The lowest BCUT2D eigenvalue weighted by atomic mass is 10.2. The zero-order valence-electron chi connectivity index (χ0n) is 15.2. The minimum absolute atomic E-state index is 0.0331. The Hall–Kier alpha value is -0.860. The molecule has 3 rings (SSSR count). The summed E-state index contributed by atoms with van der Waals surface area (Å²) >= 11 is 12.1. The number of carbonyl (C=O) groups excluding carboxylic acids is 1. The molecule has 2 fully saturated rings. The highest BCUT2D eigenvalue weighted by molar-refractivity contribution is 7.89. The van der Waals surface area contributed by atoms with Gasteiger partial charge < -0.3 is 4.90 Å². The zero-order chi connectivity index (χ0) is 19.4. The minimum Gasteiger partial charge on any atom is -0.342 e. The van der Waals surface area contributed by atoms with Crippen LogP contribution in [0.25, 0.3) is 0 Å². The number of hydrogen-bond acceptors (Lipinski definition) is 4. The lowest BCUT2D eigenvalue weighted by Gasteiger charge is -2.34. The van der Waals surface area contributed by atoms with Crippen molar-refractivity contribution in [1.29, 1.82) is 0 Å². The van der Waals surface area contributed by atoms with Crippen LogP contribution in [-0.4, -0.2) is 74.2 Å². The van der Waals surface area contributed by atoms with Gasteiger partial charge in [-0.3, -0.25) is 9.69 Å². The Bertz CT molecular complexity index is 772. The number of rotatable bonds is 4. The molecule has 0 aromatic heterocycles. The van der Waals surface area contributed by atoms with Crippen LogP contribution in [0, 0.1) is 0 Å². The van der Waals surface area contributed by atoms with Crippen LogP contribution >= 0.6 is 23.2 Å². The molecule has 1 aromatic carbocycles. The molecule has 27 heavy (non-hydrogen) atoms. The lowest BCUT2D eigenvalue weighted by molar-refractivity contribution is -0.132. The first-order valence-electron chi connectivity index (χ1n) is 9.34. The van der Waals surface area contributed by atoms with E-state index in [1.165, 1.54) is 23.2 Å². The number of sulfonamides is 1. The Labute approximate surface area is 171 Å². The summed E-state index contributed by atoms with van der Waals surface area (Å²) in [4.78, 5) is 16.5. The van der Waals surface area contributed by atoms with Crippen LogP contribution in [0.4, 0.5) is 0 Å². The molecule has 0 radical (unpaired) electrons. The van der Waals surface area contributed by atoms with Gasteiger partial charge in [0, 0.05) is 39.3 Å². The molecule has 6 nitrogen and oxygen atoms in total. The maximum absolute atomic E-state index is 12.9. The van der Waals surface area contributed by atoms with Crippen molar-refractivity contribution in [3.63, 3.8) is 0 Å². The van der Waals surface area contributed by atoms with Crippen LogP contribution in [0.1, 0.15) is 25.7 Å². The van der Waals surface area contributed by atoms with Gasteiger partial charge >= 0.3 is 0 Å². The minimum atomic E-state index is -3.70. The van der Waals surface area contributed by atoms with Gasteiger partial charge in [0.1, 0.15) is 4.90 Å². The Morgan fingerprint density at radius 2 is 1.56 bits per heavy atom. The van der Waals surface area contributed by atoms with E-state index in [9.17, 15) is 13.2 Å². The zero-order valence-corrected chi connectivity index (χ0v) is 17.6. The average Bonchev–Trinajstić information content (AvgIpc) is 2.94. The number of benzene rings is 1. The second-order valence-corrected chi connectivity index (χ2v) is 9.72. The highest BCUT2D eigenvalue weighted by Crippen LogP contribution is 2.31. The van der Waals surface area contributed by atoms with Crippen LogP contribution in [0.15, 0.2) is 23.1 Å². The van der Waals surface area contributed by atoms with Gasteiger partial charge in [0.2, 0.25) is 15.9 Å². The molecule has 0 atom stereocenters. The van der Waals surface area contributed by atoms with Crippen LogP contribution in [0.5, 0.6) is 0 Å². The maximum atomic E-state index is 12.9. The SMILES string of the molecule is O=C(CN1CCN(S(=O)(=O)c2cccc(Cl)c2Cl)CC1)N1CCCCCC1. The number of nitrogens with zero attached hydrogens (tertiary/aromatic N) is 3. The molecule has 2 heterocycles. The third-order valence-corrected chi connectivity index (χ3v) is 8.05. The summed E-state index contributed by atoms with van der Waals surface area (Å²) in [5, 5.41) is 0.275. The van der Waals surface area contributed by atoms with E-state index in [1.54, 1.807) is 12.1 Å². The third kappa shape index (κ3) is 4.95. The average molecular weight is 434 g/mol. The van der Waals surface area contributed by atoms with Crippen molar-refractivity contribution in [3.05, 3.63) is 28.2 Å². The standard InChI is InChI=1S/C18H25Cl2N3O3S/c19-15-6-5-7-16(18(15)20)27(25,26)23-12-10-21(11-13-23)14-17(24)22-8-3-1-2-4-9-22/h5-7H,1-4,8-14H2. The second kappa shape index (κ2) is 9.09. The van der Waals surface area contributed by atoms with Crippen molar-refractivity contribution < 1.29 is 13.2 Å². The first-order chi connectivity index (χ1) is 12.9. The third-order valence-electron chi connectivity index (χ3n) is 5.18. The number of amides is 1. The molecular weight excluding hydrogens is 409 g/mol. The van der Waals surface area contributed by atoms with E-state index in [2.05, 4.69) is 0 Å². The molecule has 9 heteroatoms. The monoisotopic (exact) mass is 433 g/mol. The van der Waals surface area contributed by atoms with Crippen LogP contribution in [0.3, 0.4) is 0 Å². The molecule has 2 aliphatic heterocycles. The molecular formula is C18H25Cl2N3O3S. The first-order valence-corrected chi connectivity index (χ1v) is 11.5. The molecule has 0 N–H and O–H groups in total. The number of piperazine rings is 1. The van der Waals surface area contributed by atoms with Gasteiger partial charge in [0.15, 0.2) is 0 Å². The normalized spacial score (nSPS) is 20.4. The molecule has 0 bridgehead atoms. The summed E-state index contributed by atoms with van der Waals surface area (Å²) in [5.74, 6) is 0.145. The molecule has 2 saturated heterocycles. The van der Waals surface area contributed by atoms with Crippen molar-refractivity contribution >= 4 is 39.1 Å². The predicted molar refractivity (Wildman–Crippen MR) is 107 cm³/mol. The summed E-state index contributed by atoms with van der Waals surface area (Å²) < 4.78 is 27.1. The summed E-state index contributed by atoms with van der Waals surface area (Å²) in [6, 6.07) is 4.62. The van der Waals surface area contributed by atoms with E-state index >= 15 is 0 Å². The molecule has 0 unspecified atom stereocenters. The molecule has 0 saturated carbocycles. The first kappa shape index (κ1) is 20.9. The molecule has 0 aliphatic carbocycles. The summed E-state index contributed by atoms with van der Waals surface area (Å²) in [5.41, 5.74) is 0. The molecule has 2 aliphatic rings. The van der Waals surface area contributed by atoms with E-state index in [4.69, 9.17) is 23.2 Å². The summed E-state index contributed by atoms with van der Waals surface area (Å²) in [6.45, 7) is 3.73. The van der Waals surface area contributed by atoms with Crippen molar-refractivity contribution in [2.45, 2.75) is 30.6 Å². The van der Waals surface area contributed by atoms with Gasteiger partial charge in [-0.05, 0) is 25.0 Å². The molecule has 1 amide bonds. The topological polar surface area (TPSA) is 60.9 Å². The van der Waals surface area contributed by atoms with Crippen molar-refractivity contribution in [2.24, 2.45) is 0 Å². The molecule has 1 aromatic rings. The highest BCUT2D eigenvalue weighted by Gasteiger charge is 2.31. The quantitative estimate of drug-likeness (QED) is 0.731. The number of hydrogen-bond donors (Lipinski definition) is 0. The van der Waals surface area contributed by atoms with E-state index in [-0.39, 0.29) is 20.8 Å². The van der Waals surface area contributed by atoms with E-state index in [1.807, 2.05) is 9.80 Å². The highest BCUT2D eigenvalue weighted by atomic mass is 35.5. The number of halogens is 2. The van der Waals surface area contributed by atoms with Crippen LogP contribution in [-0.2, 0) is 14.8 Å². The van der Waals surface area contributed by atoms with E-state index in [0.29, 0.717) is 32.7 Å². The van der Waals surface area contributed by atoms with E-state index in [0.717, 1.165) is 25.9 Å². The van der Waals surface area contributed by atoms with Crippen LogP contribution in [0.2, 0.25) is 10.0 Å². The fraction of sp³-hybridized carbons (Fsp3) is 0.611. The van der Waals surface area contributed by atoms with E-state index < -0.39 is 10.0 Å². The number of likely N-dealkylation sites (tertiary alicyclic amines) is 1. The Morgan fingerprint density at radius 1 is 0.926 bits per heavy atom. The fourth-order valence-electron chi connectivity index (χ4n) is 3.56. The largest absolute Gasteiger partial charge is 0.342 e. The van der Waals surface area contributed by atoms with Crippen molar-refractivity contribution in [1.82, 2.24) is 14.1 Å². The Balaban J connectivity index is 1.58. The second-order valence-electron chi connectivity index (χ2n) is 7.03. The van der Waals surface area contributed by atoms with Crippen LogP contribution < -0.4 is 0 Å². The van der Waals surface area contributed by atoms with Crippen molar-refractivity contribution in [2.75, 3.05) is 45.8 Å². The van der Waals surface area contributed by atoms with Gasteiger partial charge in [-0.15, -0.1) is 0 Å². The van der Waals surface area contributed by atoms with Crippen molar-refractivity contribution in [3.8, 4) is 0 Å². The Morgan fingerprint density at radius 3 is 2.19 bits per heavy atom. The van der Waals surface area contributed by atoms with Gasteiger partial charge in [-0.2, -0.15) is 4.31 Å². The molecule has 150 valence electrons. The number of carbonyl (C=O) groups is 1.